The summed E-state index contributed by atoms with van der Waals surface area (Å²) in [4.78, 5) is 34.2. The van der Waals surface area contributed by atoms with Gasteiger partial charge in [0.15, 0.2) is 0 Å². The van der Waals surface area contributed by atoms with E-state index in [-0.39, 0.29) is 11.3 Å². The first-order chi connectivity index (χ1) is 15.6. The minimum absolute atomic E-state index is 0.0604. The fourth-order valence-corrected chi connectivity index (χ4v) is 4.15. The number of pyridine rings is 1. The number of benzene rings is 1. The summed E-state index contributed by atoms with van der Waals surface area (Å²) in [5.41, 5.74) is 1.05. The van der Waals surface area contributed by atoms with E-state index in [0.29, 0.717) is 43.2 Å². The summed E-state index contributed by atoms with van der Waals surface area (Å²) in [6, 6.07) is 11.3. The van der Waals surface area contributed by atoms with Gasteiger partial charge >= 0.3 is 0 Å². The van der Waals surface area contributed by atoms with E-state index < -0.39 is 17.7 Å². The zero-order valence-corrected chi connectivity index (χ0v) is 18.1. The zero-order chi connectivity index (χ0) is 22.5. The number of methoxy groups -OCH3 is 1. The fraction of sp³-hybridized carbons (Fsp3) is 0.375. The molecule has 1 aromatic heterocycles. The van der Waals surface area contributed by atoms with Gasteiger partial charge in [0.2, 0.25) is 0 Å². The smallest absolute Gasteiger partial charge is 0.295 e. The van der Waals surface area contributed by atoms with Crippen molar-refractivity contribution in [3.05, 3.63) is 65.5 Å². The average molecular weight is 437 g/mol. The van der Waals surface area contributed by atoms with Crippen molar-refractivity contribution in [1.29, 1.82) is 0 Å². The summed E-state index contributed by atoms with van der Waals surface area (Å²) in [5, 5.41) is 11.0. The number of rotatable bonds is 7. The van der Waals surface area contributed by atoms with Gasteiger partial charge in [-0.3, -0.25) is 19.5 Å². The van der Waals surface area contributed by atoms with Crippen LogP contribution in [0.2, 0.25) is 0 Å². The van der Waals surface area contributed by atoms with Crippen LogP contribution in [-0.4, -0.2) is 78.1 Å². The quantitative estimate of drug-likeness (QED) is 0.403. The number of ether oxygens (including phenoxy) is 2. The highest BCUT2D eigenvalue weighted by atomic mass is 16.5. The second-order valence-corrected chi connectivity index (χ2v) is 7.78. The van der Waals surface area contributed by atoms with Gasteiger partial charge in [-0.25, -0.2) is 0 Å². The van der Waals surface area contributed by atoms with Crippen LogP contribution in [0.1, 0.15) is 23.7 Å². The molecule has 1 N–H and O–H groups in total. The number of hydrogen-bond donors (Lipinski definition) is 1. The molecule has 168 valence electrons. The van der Waals surface area contributed by atoms with E-state index in [0.717, 1.165) is 19.6 Å². The number of likely N-dealkylation sites (tertiary alicyclic amines) is 1. The molecule has 0 spiro atoms. The maximum Gasteiger partial charge on any atom is 0.295 e. The number of aromatic nitrogens is 1. The lowest BCUT2D eigenvalue weighted by Crippen LogP contribution is -2.39. The van der Waals surface area contributed by atoms with Crippen molar-refractivity contribution in [2.24, 2.45) is 0 Å². The van der Waals surface area contributed by atoms with E-state index in [1.54, 1.807) is 49.7 Å². The van der Waals surface area contributed by atoms with Crippen LogP contribution in [0.25, 0.3) is 5.76 Å². The van der Waals surface area contributed by atoms with Crippen LogP contribution in [-0.2, 0) is 14.3 Å². The van der Waals surface area contributed by atoms with Crippen molar-refractivity contribution in [2.75, 3.05) is 46.5 Å². The maximum atomic E-state index is 13.0. The van der Waals surface area contributed by atoms with Crippen molar-refractivity contribution >= 4 is 17.4 Å². The second-order valence-electron chi connectivity index (χ2n) is 7.78. The lowest BCUT2D eigenvalue weighted by Gasteiger charge is -2.28. The molecule has 1 aromatic carbocycles. The molecule has 1 atom stereocenters. The van der Waals surface area contributed by atoms with Crippen LogP contribution >= 0.6 is 0 Å². The minimum atomic E-state index is -0.733. The van der Waals surface area contributed by atoms with Crippen molar-refractivity contribution in [1.82, 2.24) is 14.8 Å². The van der Waals surface area contributed by atoms with Crippen LogP contribution in [0.5, 0.6) is 5.75 Å². The number of aliphatic hydroxyl groups excluding tert-OH is 1. The first-order valence-corrected chi connectivity index (χ1v) is 10.7. The van der Waals surface area contributed by atoms with Gasteiger partial charge in [0.05, 0.1) is 31.6 Å². The zero-order valence-electron chi connectivity index (χ0n) is 18.1. The van der Waals surface area contributed by atoms with E-state index in [1.165, 1.54) is 4.90 Å². The molecule has 2 fully saturated rings. The number of hydrogen-bond acceptors (Lipinski definition) is 7. The maximum absolute atomic E-state index is 13.0. The van der Waals surface area contributed by atoms with Gasteiger partial charge in [-0.2, -0.15) is 0 Å². The molecule has 0 aliphatic carbocycles. The number of aliphatic hydroxyl groups is 1. The molecule has 2 saturated heterocycles. The third-order valence-corrected chi connectivity index (χ3v) is 5.85. The Hall–Kier alpha value is -3.23. The monoisotopic (exact) mass is 437 g/mol. The van der Waals surface area contributed by atoms with Gasteiger partial charge in [-0.05, 0) is 42.8 Å². The lowest BCUT2D eigenvalue weighted by molar-refractivity contribution is -0.140. The summed E-state index contributed by atoms with van der Waals surface area (Å²) >= 11 is 0. The number of carbonyl (C=O) groups is 2. The predicted molar refractivity (Wildman–Crippen MR) is 118 cm³/mol. The Morgan fingerprint density at radius 2 is 1.88 bits per heavy atom. The molecular weight excluding hydrogens is 410 g/mol. The lowest BCUT2D eigenvalue weighted by atomic mass is 9.98. The molecule has 8 heteroatoms. The Balaban J connectivity index is 1.64. The normalized spacial score (nSPS) is 21.2. The molecule has 2 aliphatic heterocycles. The first-order valence-electron chi connectivity index (χ1n) is 10.7. The van der Waals surface area contributed by atoms with Gasteiger partial charge in [0.25, 0.3) is 11.7 Å². The SMILES string of the molecule is COc1ccc(/C(O)=C2\C(=O)C(=O)N(CCCN3CCOCC3)[C@@H]2c2ccccn2)cc1. The third kappa shape index (κ3) is 4.51. The van der Waals surface area contributed by atoms with E-state index >= 15 is 0 Å². The fourth-order valence-electron chi connectivity index (χ4n) is 4.15. The minimum Gasteiger partial charge on any atom is -0.507 e. The second kappa shape index (κ2) is 9.93. The molecule has 1 amide bonds. The number of nitrogens with zero attached hydrogens (tertiary/aromatic N) is 3. The molecule has 2 aromatic rings. The highest BCUT2D eigenvalue weighted by Crippen LogP contribution is 2.38. The van der Waals surface area contributed by atoms with Crippen molar-refractivity contribution in [3.63, 3.8) is 0 Å². The van der Waals surface area contributed by atoms with E-state index in [2.05, 4.69) is 9.88 Å². The molecule has 3 heterocycles. The number of carbonyl (C=O) groups excluding carboxylic acids is 2. The summed E-state index contributed by atoms with van der Waals surface area (Å²) in [6.45, 7) is 4.34. The standard InChI is InChI=1S/C24H27N3O5/c1-31-18-8-6-17(7-9-18)22(28)20-21(19-5-2-3-10-25-19)27(24(30)23(20)29)12-4-11-26-13-15-32-16-14-26/h2-3,5-10,21,28H,4,11-16H2,1H3/b22-20+/t21-/m1/s1. The Kier molecular flexibility index (Phi) is 6.82. The van der Waals surface area contributed by atoms with Crippen LogP contribution in [0, 0.1) is 0 Å². The number of amides is 1. The molecule has 0 radical (unpaired) electrons. The Bertz CT molecular complexity index is 984. The Labute approximate surface area is 187 Å². The largest absolute Gasteiger partial charge is 0.507 e. The number of morpholine rings is 1. The highest BCUT2D eigenvalue weighted by molar-refractivity contribution is 6.46. The number of ketones is 1. The van der Waals surface area contributed by atoms with E-state index in [1.807, 2.05) is 6.07 Å². The molecular formula is C24H27N3O5. The average Bonchev–Trinajstić information content (AvgIpc) is 3.10. The number of Topliss-reactive ketones (excluding diaryl/α,β-unsaturated/α-hetero) is 1. The highest BCUT2D eigenvalue weighted by Gasteiger charge is 2.46. The molecule has 4 rings (SSSR count). The van der Waals surface area contributed by atoms with Gasteiger partial charge in [0.1, 0.15) is 17.6 Å². The summed E-state index contributed by atoms with van der Waals surface area (Å²) in [5.74, 6) is -0.887. The Morgan fingerprint density at radius 1 is 1.12 bits per heavy atom. The van der Waals surface area contributed by atoms with Gasteiger partial charge in [-0.15, -0.1) is 0 Å². The summed E-state index contributed by atoms with van der Waals surface area (Å²) in [7, 11) is 1.55. The van der Waals surface area contributed by atoms with E-state index in [4.69, 9.17) is 9.47 Å². The van der Waals surface area contributed by atoms with Gasteiger partial charge in [0, 0.05) is 37.9 Å². The first kappa shape index (κ1) is 22.0. The third-order valence-electron chi connectivity index (χ3n) is 5.85. The Morgan fingerprint density at radius 3 is 2.53 bits per heavy atom. The molecule has 0 bridgehead atoms. The van der Waals surface area contributed by atoms with Crippen LogP contribution in [0.3, 0.4) is 0 Å². The van der Waals surface area contributed by atoms with Gasteiger partial charge in [-0.1, -0.05) is 6.07 Å². The van der Waals surface area contributed by atoms with Crippen LogP contribution < -0.4 is 4.74 Å². The summed E-state index contributed by atoms with van der Waals surface area (Å²) < 4.78 is 10.5. The van der Waals surface area contributed by atoms with Crippen LogP contribution in [0.4, 0.5) is 0 Å². The van der Waals surface area contributed by atoms with Crippen molar-refractivity contribution in [2.45, 2.75) is 12.5 Å². The topological polar surface area (TPSA) is 92.2 Å². The molecule has 8 nitrogen and oxygen atoms in total. The molecule has 32 heavy (non-hydrogen) atoms. The molecule has 2 aliphatic rings. The molecule has 0 unspecified atom stereocenters. The van der Waals surface area contributed by atoms with Crippen LogP contribution in [0.15, 0.2) is 54.2 Å². The predicted octanol–water partition coefficient (Wildman–Crippen LogP) is 2.23. The molecule has 0 saturated carbocycles. The van der Waals surface area contributed by atoms with Gasteiger partial charge < -0.3 is 19.5 Å². The van der Waals surface area contributed by atoms with E-state index in [9.17, 15) is 14.7 Å². The van der Waals surface area contributed by atoms with Crippen molar-refractivity contribution < 1.29 is 24.2 Å². The van der Waals surface area contributed by atoms with Crippen molar-refractivity contribution in [3.8, 4) is 5.75 Å². The summed E-state index contributed by atoms with van der Waals surface area (Å²) in [6.07, 6.45) is 2.33.